The van der Waals surface area contributed by atoms with Gasteiger partial charge in [-0.3, -0.25) is 0 Å². The molecule has 10 rings (SSSR count). The van der Waals surface area contributed by atoms with E-state index in [1.807, 2.05) is 23.5 Å². The monoisotopic (exact) mass is 629 g/mol. The van der Waals surface area contributed by atoms with Crippen molar-refractivity contribution >= 4 is 64.2 Å². The summed E-state index contributed by atoms with van der Waals surface area (Å²) >= 11 is 1.86. The maximum Gasteiger partial charge on any atom is 0.160 e. The Bertz CT molecular complexity index is 2790. The maximum atomic E-state index is 5.19. The molecule has 0 atom stereocenters. The van der Waals surface area contributed by atoms with E-state index in [0.29, 0.717) is 0 Å². The van der Waals surface area contributed by atoms with Crippen molar-refractivity contribution in [2.45, 2.75) is 0 Å². The number of hydrogen-bond acceptors (Lipinski definition) is 3. The highest BCUT2D eigenvalue weighted by Gasteiger charge is 2.18. The molecular formula is C44H27N3S. The molecule has 48 heavy (non-hydrogen) atoms. The molecule has 0 spiro atoms. The maximum absolute atomic E-state index is 5.19. The van der Waals surface area contributed by atoms with Crippen molar-refractivity contribution in [3.63, 3.8) is 0 Å². The highest BCUT2D eigenvalue weighted by atomic mass is 32.1. The van der Waals surface area contributed by atoms with E-state index < -0.39 is 0 Å². The quantitative estimate of drug-likeness (QED) is 0.194. The first kappa shape index (κ1) is 27.1. The summed E-state index contributed by atoms with van der Waals surface area (Å²) in [5, 5.41) is 6.12. The van der Waals surface area contributed by atoms with Crippen LogP contribution in [0.5, 0.6) is 0 Å². The summed E-state index contributed by atoms with van der Waals surface area (Å²) in [4.78, 5) is 10.3. The number of nitrogens with zero attached hydrogens (tertiary/aromatic N) is 3. The van der Waals surface area contributed by atoms with Gasteiger partial charge in [-0.15, -0.1) is 11.3 Å². The number of hydrogen-bond donors (Lipinski definition) is 0. The lowest BCUT2D eigenvalue weighted by Gasteiger charge is -2.13. The summed E-state index contributed by atoms with van der Waals surface area (Å²) < 4.78 is 4.99. The van der Waals surface area contributed by atoms with Crippen LogP contribution in [0, 0.1) is 0 Å². The first-order valence-corrected chi connectivity index (χ1v) is 17.0. The Hall–Kier alpha value is -6.10. The number of aromatic nitrogens is 3. The van der Waals surface area contributed by atoms with E-state index in [1.165, 1.54) is 47.5 Å². The van der Waals surface area contributed by atoms with Gasteiger partial charge in [-0.2, -0.15) is 0 Å². The van der Waals surface area contributed by atoms with Crippen LogP contribution in [0.25, 0.3) is 92.3 Å². The molecule has 0 amide bonds. The molecular weight excluding hydrogens is 603 g/mol. The molecule has 0 radical (unpaired) electrons. The number of rotatable bonds is 4. The van der Waals surface area contributed by atoms with Crippen LogP contribution in [0.4, 0.5) is 0 Å². The molecule has 0 aliphatic carbocycles. The molecule has 10 aromatic rings. The van der Waals surface area contributed by atoms with E-state index in [9.17, 15) is 0 Å². The largest absolute Gasteiger partial charge is 0.309 e. The Balaban J connectivity index is 1.23. The summed E-state index contributed by atoms with van der Waals surface area (Å²) in [5.74, 6) is 0.723. The first-order valence-electron chi connectivity index (χ1n) is 16.2. The number of fused-ring (bicyclic) bond motifs is 7. The van der Waals surface area contributed by atoms with Gasteiger partial charge in [0.05, 0.1) is 22.2 Å². The van der Waals surface area contributed by atoms with E-state index in [2.05, 4.69) is 156 Å². The molecule has 3 aromatic heterocycles. The lowest BCUT2D eigenvalue weighted by atomic mass is 9.99. The summed E-state index contributed by atoms with van der Waals surface area (Å²) in [6.45, 7) is 0. The third kappa shape index (κ3) is 4.20. The molecule has 0 saturated heterocycles. The lowest BCUT2D eigenvalue weighted by molar-refractivity contribution is 1.19. The van der Waals surface area contributed by atoms with E-state index in [-0.39, 0.29) is 0 Å². The van der Waals surface area contributed by atoms with Crippen molar-refractivity contribution in [2.24, 2.45) is 0 Å². The van der Waals surface area contributed by atoms with Crippen molar-refractivity contribution in [3.8, 4) is 39.5 Å². The molecule has 224 valence electrons. The van der Waals surface area contributed by atoms with Crippen LogP contribution in [0.1, 0.15) is 0 Å². The third-order valence-electron chi connectivity index (χ3n) is 9.38. The lowest BCUT2D eigenvalue weighted by Crippen LogP contribution is -1.96. The zero-order valence-corrected chi connectivity index (χ0v) is 26.7. The van der Waals surface area contributed by atoms with Gasteiger partial charge in [0.15, 0.2) is 5.82 Å². The third-order valence-corrected chi connectivity index (χ3v) is 10.6. The Morgan fingerprint density at radius 3 is 1.85 bits per heavy atom. The molecule has 3 nitrogen and oxygen atoms in total. The van der Waals surface area contributed by atoms with E-state index >= 15 is 0 Å². The predicted molar refractivity (Wildman–Crippen MR) is 203 cm³/mol. The van der Waals surface area contributed by atoms with Crippen LogP contribution in [0.3, 0.4) is 0 Å². The Labute approximate surface area is 281 Å². The van der Waals surface area contributed by atoms with E-state index in [4.69, 9.17) is 9.97 Å². The van der Waals surface area contributed by atoms with Crippen LogP contribution in [0.2, 0.25) is 0 Å². The predicted octanol–water partition coefficient (Wildman–Crippen LogP) is 12.1. The van der Waals surface area contributed by atoms with Crippen LogP contribution in [-0.4, -0.2) is 14.5 Å². The van der Waals surface area contributed by atoms with Crippen LogP contribution in [0.15, 0.2) is 164 Å². The van der Waals surface area contributed by atoms with Crippen LogP contribution in [-0.2, 0) is 0 Å². The molecule has 0 bridgehead atoms. The molecule has 0 saturated carbocycles. The highest BCUT2D eigenvalue weighted by Crippen LogP contribution is 2.43. The molecule has 0 N–H and O–H groups in total. The molecule has 0 aliphatic heterocycles. The molecule has 3 heterocycles. The highest BCUT2D eigenvalue weighted by molar-refractivity contribution is 7.26. The summed E-state index contributed by atoms with van der Waals surface area (Å²) in [6.07, 6.45) is 0. The minimum absolute atomic E-state index is 0.723. The van der Waals surface area contributed by atoms with Crippen molar-refractivity contribution in [3.05, 3.63) is 164 Å². The van der Waals surface area contributed by atoms with Gasteiger partial charge in [0.25, 0.3) is 0 Å². The van der Waals surface area contributed by atoms with Crippen molar-refractivity contribution in [1.82, 2.24) is 14.5 Å². The minimum Gasteiger partial charge on any atom is -0.309 e. The number of para-hydroxylation sites is 3. The second-order valence-electron chi connectivity index (χ2n) is 12.2. The minimum atomic E-state index is 0.723. The van der Waals surface area contributed by atoms with Gasteiger partial charge in [0, 0.05) is 58.7 Å². The van der Waals surface area contributed by atoms with Crippen molar-refractivity contribution in [1.29, 1.82) is 0 Å². The van der Waals surface area contributed by atoms with Crippen molar-refractivity contribution in [2.75, 3.05) is 0 Å². The average Bonchev–Trinajstić information content (AvgIpc) is 3.70. The molecule has 0 aliphatic rings. The molecule has 0 fully saturated rings. The number of thiophene rings is 1. The standard InChI is InChI=1S/C44H27N3S/c1-2-13-28(14-3-1)42-35-20-4-8-21-38(35)45-44(46-42)30-16-12-15-29(25-30)36-26-31(27-37-34-19-7-11-24-41(34)48-43(36)37)47-39-22-9-5-17-32(39)33-18-6-10-23-40(33)47/h1-27H. The smallest absolute Gasteiger partial charge is 0.160 e. The fraction of sp³-hybridized carbons (Fsp3) is 0. The van der Waals surface area contributed by atoms with Gasteiger partial charge >= 0.3 is 0 Å². The molecule has 4 heteroatoms. The molecule has 0 unspecified atom stereocenters. The fourth-order valence-corrected chi connectivity index (χ4v) is 8.42. The van der Waals surface area contributed by atoms with Crippen molar-refractivity contribution < 1.29 is 0 Å². The van der Waals surface area contributed by atoms with Gasteiger partial charge in [-0.1, -0.05) is 121 Å². The van der Waals surface area contributed by atoms with Gasteiger partial charge < -0.3 is 4.57 Å². The normalized spacial score (nSPS) is 11.8. The van der Waals surface area contributed by atoms with Crippen LogP contribution < -0.4 is 0 Å². The van der Waals surface area contributed by atoms with E-state index in [1.54, 1.807) is 0 Å². The Morgan fingerprint density at radius 1 is 0.438 bits per heavy atom. The Morgan fingerprint density at radius 2 is 1.06 bits per heavy atom. The second kappa shape index (κ2) is 10.7. The topological polar surface area (TPSA) is 30.7 Å². The van der Waals surface area contributed by atoms with Gasteiger partial charge in [0.2, 0.25) is 0 Å². The molecule has 7 aromatic carbocycles. The summed E-state index contributed by atoms with van der Waals surface area (Å²) in [7, 11) is 0. The Kier molecular flexibility index (Phi) is 6.05. The zero-order chi connectivity index (χ0) is 31.6. The SMILES string of the molecule is c1ccc(-c2nc(-c3cccc(-c4cc(-n5c6ccccc6c6ccccc65)cc5c4sc4ccccc45)c3)nc3ccccc23)cc1. The number of benzene rings is 7. The first-order chi connectivity index (χ1) is 23.8. The van der Waals surface area contributed by atoms with Gasteiger partial charge in [-0.25, -0.2) is 9.97 Å². The summed E-state index contributed by atoms with van der Waals surface area (Å²) in [6, 6.07) is 58.4. The summed E-state index contributed by atoms with van der Waals surface area (Å²) in [5.41, 5.74) is 9.86. The van der Waals surface area contributed by atoms with Gasteiger partial charge in [0.1, 0.15) is 0 Å². The van der Waals surface area contributed by atoms with E-state index in [0.717, 1.165) is 44.8 Å². The van der Waals surface area contributed by atoms with Gasteiger partial charge in [-0.05, 0) is 48.0 Å². The fourth-order valence-electron chi connectivity index (χ4n) is 7.20. The van der Waals surface area contributed by atoms with Crippen LogP contribution >= 0.6 is 11.3 Å². The average molecular weight is 630 g/mol. The zero-order valence-electron chi connectivity index (χ0n) is 25.8. The second-order valence-corrected chi connectivity index (χ2v) is 13.2.